The molecule has 0 radical (unpaired) electrons. The molecule has 0 aromatic heterocycles. The summed E-state index contributed by atoms with van der Waals surface area (Å²) in [7, 11) is 0. The van der Waals surface area contributed by atoms with E-state index in [0.29, 0.717) is 5.11 Å². The Morgan fingerprint density at radius 1 is 1.05 bits per heavy atom. The van der Waals surface area contributed by atoms with Gasteiger partial charge in [-0.1, -0.05) is 42.5 Å². The second-order valence-electron chi connectivity index (χ2n) is 4.21. The maximum atomic E-state index is 5.35. The SMILES string of the molecule is C[C@H](NC(=S)Nc1ccccc1I)c1ccccc1. The molecule has 0 fully saturated rings. The van der Waals surface area contributed by atoms with Crippen LogP contribution in [0.15, 0.2) is 54.6 Å². The van der Waals surface area contributed by atoms with E-state index in [1.165, 1.54) is 5.56 Å². The van der Waals surface area contributed by atoms with Crippen LogP contribution in [0.25, 0.3) is 0 Å². The van der Waals surface area contributed by atoms with Crippen LogP contribution in [-0.4, -0.2) is 5.11 Å². The molecule has 0 aliphatic rings. The summed E-state index contributed by atoms with van der Waals surface area (Å²) in [5.41, 5.74) is 2.25. The highest BCUT2D eigenvalue weighted by Gasteiger charge is 2.07. The zero-order chi connectivity index (χ0) is 13.7. The van der Waals surface area contributed by atoms with Crippen LogP contribution in [0.2, 0.25) is 0 Å². The molecule has 0 heterocycles. The summed E-state index contributed by atoms with van der Waals surface area (Å²) < 4.78 is 1.15. The van der Waals surface area contributed by atoms with Crippen molar-refractivity contribution in [1.29, 1.82) is 0 Å². The molecule has 0 saturated carbocycles. The molecule has 2 rings (SSSR count). The second kappa shape index (κ2) is 6.86. The van der Waals surface area contributed by atoms with E-state index < -0.39 is 0 Å². The number of hydrogen-bond donors (Lipinski definition) is 2. The first-order valence-electron chi connectivity index (χ1n) is 6.04. The van der Waals surface area contributed by atoms with Gasteiger partial charge in [0.25, 0.3) is 0 Å². The van der Waals surface area contributed by atoms with Gasteiger partial charge >= 0.3 is 0 Å². The van der Waals surface area contributed by atoms with Gasteiger partial charge < -0.3 is 10.6 Å². The van der Waals surface area contributed by atoms with Crippen LogP contribution >= 0.6 is 34.8 Å². The number of hydrogen-bond acceptors (Lipinski definition) is 1. The first kappa shape index (κ1) is 14.3. The van der Waals surface area contributed by atoms with E-state index >= 15 is 0 Å². The number of halogens is 1. The average Bonchev–Trinajstić information content (AvgIpc) is 2.42. The summed E-state index contributed by atoms with van der Waals surface area (Å²) in [6.07, 6.45) is 0. The van der Waals surface area contributed by atoms with Crippen molar-refractivity contribution in [3.63, 3.8) is 0 Å². The van der Waals surface area contributed by atoms with Crippen molar-refractivity contribution in [3.8, 4) is 0 Å². The van der Waals surface area contributed by atoms with Gasteiger partial charge in [-0.05, 0) is 59.4 Å². The summed E-state index contributed by atoms with van der Waals surface area (Å²) in [6, 6.07) is 18.5. The second-order valence-corrected chi connectivity index (χ2v) is 5.78. The molecule has 0 saturated heterocycles. The van der Waals surface area contributed by atoms with E-state index in [4.69, 9.17) is 12.2 Å². The van der Waals surface area contributed by atoms with Crippen LogP contribution in [0.5, 0.6) is 0 Å². The lowest BCUT2D eigenvalue weighted by Crippen LogP contribution is -2.31. The van der Waals surface area contributed by atoms with Crippen molar-refractivity contribution < 1.29 is 0 Å². The van der Waals surface area contributed by atoms with Gasteiger partial charge in [0.15, 0.2) is 5.11 Å². The van der Waals surface area contributed by atoms with Gasteiger partial charge in [0.05, 0.1) is 11.7 Å². The largest absolute Gasteiger partial charge is 0.356 e. The monoisotopic (exact) mass is 382 g/mol. The minimum absolute atomic E-state index is 0.183. The minimum atomic E-state index is 0.183. The number of thiocarbonyl (C=S) groups is 1. The highest BCUT2D eigenvalue weighted by molar-refractivity contribution is 14.1. The molecule has 98 valence electrons. The summed E-state index contributed by atoms with van der Waals surface area (Å²) in [4.78, 5) is 0. The molecule has 2 aromatic rings. The lowest BCUT2D eigenvalue weighted by molar-refractivity contribution is 0.722. The number of anilines is 1. The Morgan fingerprint density at radius 3 is 2.37 bits per heavy atom. The molecule has 0 spiro atoms. The Balaban J connectivity index is 1.97. The van der Waals surface area contributed by atoms with E-state index in [1.54, 1.807) is 0 Å². The number of rotatable bonds is 3. The molecule has 1 atom stereocenters. The van der Waals surface area contributed by atoms with Gasteiger partial charge in [0.2, 0.25) is 0 Å². The number of benzene rings is 2. The van der Waals surface area contributed by atoms with Crippen LogP contribution in [-0.2, 0) is 0 Å². The number of para-hydroxylation sites is 1. The van der Waals surface area contributed by atoms with Crippen molar-refractivity contribution in [2.75, 3.05) is 5.32 Å². The Labute approximate surface area is 132 Å². The Morgan fingerprint density at radius 2 is 1.68 bits per heavy atom. The van der Waals surface area contributed by atoms with Crippen molar-refractivity contribution >= 4 is 45.6 Å². The Kier molecular flexibility index (Phi) is 5.15. The van der Waals surface area contributed by atoms with Crippen molar-refractivity contribution in [2.45, 2.75) is 13.0 Å². The van der Waals surface area contributed by atoms with Gasteiger partial charge in [0.1, 0.15) is 0 Å². The van der Waals surface area contributed by atoms with Gasteiger partial charge in [-0.15, -0.1) is 0 Å². The van der Waals surface area contributed by atoms with E-state index in [-0.39, 0.29) is 6.04 Å². The standard InChI is InChI=1S/C15H15IN2S/c1-11(12-7-3-2-4-8-12)17-15(19)18-14-10-6-5-9-13(14)16/h2-11H,1H3,(H2,17,18,19)/t11-/m0/s1. The maximum Gasteiger partial charge on any atom is 0.171 e. The lowest BCUT2D eigenvalue weighted by Gasteiger charge is -2.17. The fraction of sp³-hybridized carbons (Fsp3) is 0.133. The van der Waals surface area contributed by atoms with Gasteiger partial charge in [-0.3, -0.25) is 0 Å². The highest BCUT2D eigenvalue weighted by Crippen LogP contribution is 2.17. The third-order valence-corrected chi connectivity index (χ3v) is 3.93. The van der Waals surface area contributed by atoms with Crippen LogP contribution < -0.4 is 10.6 Å². The molecule has 0 amide bonds. The summed E-state index contributed by atoms with van der Waals surface area (Å²) in [5.74, 6) is 0. The normalized spacial score (nSPS) is 11.7. The van der Waals surface area contributed by atoms with Crippen LogP contribution in [0.3, 0.4) is 0 Å². The fourth-order valence-electron chi connectivity index (χ4n) is 1.74. The highest BCUT2D eigenvalue weighted by atomic mass is 127. The summed E-state index contributed by atoms with van der Waals surface area (Å²) in [5, 5.41) is 7.15. The fourth-order valence-corrected chi connectivity index (χ4v) is 2.55. The van der Waals surface area contributed by atoms with Crippen LogP contribution in [0, 0.1) is 3.57 Å². The molecule has 2 aromatic carbocycles. The molecule has 4 heteroatoms. The molecule has 2 nitrogen and oxygen atoms in total. The average molecular weight is 382 g/mol. The molecule has 0 unspecified atom stereocenters. The quantitative estimate of drug-likeness (QED) is 0.610. The third-order valence-electron chi connectivity index (χ3n) is 2.77. The zero-order valence-electron chi connectivity index (χ0n) is 10.6. The maximum absolute atomic E-state index is 5.35. The van der Waals surface area contributed by atoms with Crippen LogP contribution in [0.1, 0.15) is 18.5 Å². The number of nitrogens with one attached hydrogen (secondary N) is 2. The topological polar surface area (TPSA) is 24.1 Å². The predicted molar refractivity (Wildman–Crippen MR) is 93.4 cm³/mol. The summed E-state index contributed by atoms with van der Waals surface area (Å²) in [6.45, 7) is 2.10. The van der Waals surface area contributed by atoms with Gasteiger partial charge in [0, 0.05) is 3.57 Å². The summed E-state index contributed by atoms with van der Waals surface area (Å²) >= 11 is 7.64. The van der Waals surface area contributed by atoms with E-state index in [2.05, 4.69) is 52.3 Å². The van der Waals surface area contributed by atoms with E-state index in [0.717, 1.165) is 9.26 Å². The third kappa shape index (κ3) is 4.18. The van der Waals surface area contributed by atoms with Crippen molar-refractivity contribution in [1.82, 2.24) is 5.32 Å². The Bertz CT molecular complexity index is 557. The molecular formula is C15H15IN2S. The van der Waals surface area contributed by atoms with Gasteiger partial charge in [-0.25, -0.2) is 0 Å². The minimum Gasteiger partial charge on any atom is -0.356 e. The molecule has 0 aliphatic heterocycles. The predicted octanol–water partition coefficient (Wildman–Crippen LogP) is 4.34. The molecule has 0 bridgehead atoms. The van der Waals surface area contributed by atoms with Crippen LogP contribution in [0.4, 0.5) is 5.69 Å². The molecule has 19 heavy (non-hydrogen) atoms. The lowest BCUT2D eigenvalue weighted by atomic mass is 10.1. The zero-order valence-corrected chi connectivity index (χ0v) is 13.5. The van der Waals surface area contributed by atoms with Crippen molar-refractivity contribution in [2.24, 2.45) is 0 Å². The first-order chi connectivity index (χ1) is 9.16. The van der Waals surface area contributed by atoms with E-state index in [9.17, 15) is 0 Å². The smallest absolute Gasteiger partial charge is 0.171 e. The van der Waals surface area contributed by atoms with Gasteiger partial charge in [-0.2, -0.15) is 0 Å². The molecule has 0 aliphatic carbocycles. The first-order valence-corrected chi connectivity index (χ1v) is 7.52. The Hall–Kier alpha value is -1.14. The molecule has 2 N–H and O–H groups in total. The van der Waals surface area contributed by atoms with Crippen molar-refractivity contribution in [3.05, 3.63) is 63.7 Å². The molecular weight excluding hydrogens is 367 g/mol. The van der Waals surface area contributed by atoms with E-state index in [1.807, 2.05) is 42.5 Å².